The molecule has 0 fully saturated rings. The van der Waals surface area contributed by atoms with E-state index in [0.717, 1.165) is 11.3 Å². The third kappa shape index (κ3) is 2.32. The van der Waals surface area contributed by atoms with E-state index < -0.39 is 5.97 Å². The van der Waals surface area contributed by atoms with Gasteiger partial charge in [-0.3, -0.25) is 0 Å². The number of benzene rings is 1. The Morgan fingerprint density at radius 1 is 1.47 bits per heavy atom. The van der Waals surface area contributed by atoms with E-state index in [1.165, 1.54) is 0 Å². The van der Waals surface area contributed by atoms with Crippen LogP contribution in [0.4, 0.5) is 0 Å². The smallest absolute Gasteiger partial charge is 0.348 e. The van der Waals surface area contributed by atoms with Crippen LogP contribution in [0, 0.1) is 0 Å². The molecule has 1 N–H and O–H groups in total. The fraction of sp³-hybridized carbons (Fsp3) is 0.0909. The van der Waals surface area contributed by atoms with E-state index >= 15 is 0 Å². The molecule has 2 rings (SSSR count). The summed E-state index contributed by atoms with van der Waals surface area (Å²) in [6, 6.07) is 7.20. The average Bonchev–Trinajstić information content (AvgIpc) is 2.71. The number of aromatic carboxylic acids is 1. The molecule has 4 nitrogen and oxygen atoms in total. The van der Waals surface area contributed by atoms with Crippen LogP contribution in [0.1, 0.15) is 9.67 Å². The SMILES string of the molecule is COc1ccccc1-c1nc(Br)sc1C(=O)O. The zero-order chi connectivity index (χ0) is 12.4. The molecule has 1 heterocycles. The van der Waals surface area contributed by atoms with Crippen LogP contribution in [0.2, 0.25) is 0 Å². The molecule has 0 saturated heterocycles. The van der Waals surface area contributed by atoms with E-state index in [1.54, 1.807) is 19.2 Å². The lowest BCUT2D eigenvalue weighted by molar-refractivity contribution is 0.0702. The van der Waals surface area contributed by atoms with Crippen LogP contribution in [-0.4, -0.2) is 23.2 Å². The van der Waals surface area contributed by atoms with Gasteiger partial charge in [0.25, 0.3) is 0 Å². The van der Waals surface area contributed by atoms with Gasteiger partial charge in [-0.05, 0) is 28.1 Å². The predicted octanol–water partition coefficient (Wildman–Crippen LogP) is 3.28. The minimum absolute atomic E-state index is 0.196. The van der Waals surface area contributed by atoms with Gasteiger partial charge in [-0.1, -0.05) is 23.5 Å². The van der Waals surface area contributed by atoms with Gasteiger partial charge in [0, 0.05) is 5.56 Å². The number of methoxy groups -OCH3 is 1. The topological polar surface area (TPSA) is 59.4 Å². The molecule has 0 aliphatic rings. The molecule has 88 valence electrons. The van der Waals surface area contributed by atoms with Crippen molar-refractivity contribution in [3.8, 4) is 17.0 Å². The van der Waals surface area contributed by atoms with Gasteiger partial charge >= 0.3 is 5.97 Å². The monoisotopic (exact) mass is 313 g/mol. The van der Waals surface area contributed by atoms with Gasteiger partial charge in [-0.25, -0.2) is 9.78 Å². The zero-order valence-electron chi connectivity index (χ0n) is 8.81. The number of nitrogens with zero attached hydrogens (tertiary/aromatic N) is 1. The molecule has 2 aromatic rings. The van der Waals surface area contributed by atoms with Crippen molar-refractivity contribution in [1.29, 1.82) is 0 Å². The van der Waals surface area contributed by atoms with Crippen molar-refractivity contribution in [2.45, 2.75) is 0 Å². The normalized spacial score (nSPS) is 10.2. The van der Waals surface area contributed by atoms with Crippen molar-refractivity contribution in [3.63, 3.8) is 0 Å². The molecular formula is C11H8BrNO3S. The summed E-state index contributed by atoms with van der Waals surface area (Å²) in [7, 11) is 1.54. The molecule has 0 atom stereocenters. The predicted molar refractivity (Wildman–Crippen MR) is 68.8 cm³/mol. The largest absolute Gasteiger partial charge is 0.496 e. The minimum Gasteiger partial charge on any atom is -0.496 e. The second-order valence-corrected chi connectivity index (χ2v) is 5.43. The molecule has 0 bridgehead atoms. The van der Waals surface area contributed by atoms with E-state index in [4.69, 9.17) is 9.84 Å². The summed E-state index contributed by atoms with van der Waals surface area (Å²) in [5.74, 6) is -0.387. The molecule has 6 heteroatoms. The Hall–Kier alpha value is -1.40. The second kappa shape index (κ2) is 4.85. The average molecular weight is 314 g/mol. The van der Waals surface area contributed by atoms with E-state index in [2.05, 4.69) is 20.9 Å². The number of carboxylic acid groups (broad SMARTS) is 1. The highest BCUT2D eigenvalue weighted by molar-refractivity contribution is 9.11. The van der Waals surface area contributed by atoms with Gasteiger partial charge in [-0.15, -0.1) is 0 Å². The van der Waals surface area contributed by atoms with Crippen molar-refractivity contribution in [2.24, 2.45) is 0 Å². The molecular weight excluding hydrogens is 306 g/mol. The van der Waals surface area contributed by atoms with Crippen molar-refractivity contribution in [3.05, 3.63) is 33.1 Å². The Balaban J connectivity index is 2.63. The lowest BCUT2D eigenvalue weighted by atomic mass is 10.1. The van der Waals surface area contributed by atoms with Crippen LogP contribution >= 0.6 is 27.3 Å². The lowest BCUT2D eigenvalue weighted by Gasteiger charge is -2.06. The molecule has 17 heavy (non-hydrogen) atoms. The fourth-order valence-electron chi connectivity index (χ4n) is 1.46. The van der Waals surface area contributed by atoms with Crippen LogP contribution in [0.3, 0.4) is 0 Å². The summed E-state index contributed by atoms with van der Waals surface area (Å²) in [5, 5.41) is 9.11. The van der Waals surface area contributed by atoms with Gasteiger partial charge in [0.05, 0.1) is 7.11 Å². The summed E-state index contributed by atoms with van der Waals surface area (Å²) in [5.41, 5.74) is 1.10. The van der Waals surface area contributed by atoms with E-state index in [-0.39, 0.29) is 4.88 Å². The highest BCUT2D eigenvalue weighted by Crippen LogP contribution is 2.35. The van der Waals surface area contributed by atoms with Crippen LogP contribution < -0.4 is 4.74 Å². The first-order valence-corrected chi connectivity index (χ1v) is 6.27. The third-order valence-corrected chi connectivity index (χ3v) is 3.65. The molecule has 1 aromatic carbocycles. The number of hydrogen-bond donors (Lipinski definition) is 1. The van der Waals surface area contributed by atoms with Crippen LogP contribution in [-0.2, 0) is 0 Å². The maximum absolute atomic E-state index is 11.1. The van der Waals surface area contributed by atoms with Crippen molar-refractivity contribution in [1.82, 2.24) is 4.98 Å². The highest BCUT2D eigenvalue weighted by atomic mass is 79.9. The minimum atomic E-state index is -0.992. The number of aromatic nitrogens is 1. The van der Waals surface area contributed by atoms with Crippen LogP contribution in [0.25, 0.3) is 11.3 Å². The first kappa shape index (κ1) is 12.1. The van der Waals surface area contributed by atoms with E-state index in [1.807, 2.05) is 12.1 Å². The molecule has 0 unspecified atom stereocenters. The molecule has 0 aliphatic carbocycles. The maximum Gasteiger partial charge on any atom is 0.348 e. The number of rotatable bonds is 3. The quantitative estimate of drug-likeness (QED) is 0.944. The number of thiazole rings is 1. The summed E-state index contributed by atoms with van der Waals surface area (Å²) < 4.78 is 5.74. The Bertz CT molecular complexity index is 568. The Morgan fingerprint density at radius 3 is 2.82 bits per heavy atom. The maximum atomic E-state index is 11.1. The van der Waals surface area contributed by atoms with Gasteiger partial charge in [0.15, 0.2) is 3.92 Å². The fourth-order valence-corrected chi connectivity index (χ4v) is 2.77. The number of halogens is 1. The van der Waals surface area contributed by atoms with Crippen LogP contribution in [0.5, 0.6) is 5.75 Å². The number of ether oxygens (including phenoxy) is 1. The standard InChI is InChI=1S/C11H8BrNO3S/c1-16-7-5-3-2-4-6(7)8-9(10(14)15)17-11(12)13-8/h2-5H,1H3,(H,14,15). The van der Waals surface area contributed by atoms with Crippen molar-refractivity contribution >= 4 is 33.2 Å². The molecule has 0 amide bonds. The van der Waals surface area contributed by atoms with Gasteiger partial charge in [-0.2, -0.15) is 0 Å². The van der Waals surface area contributed by atoms with E-state index in [9.17, 15) is 4.79 Å². The molecule has 0 spiro atoms. The van der Waals surface area contributed by atoms with Crippen LogP contribution in [0.15, 0.2) is 28.2 Å². The van der Waals surface area contributed by atoms with Crippen molar-refractivity contribution < 1.29 is 14.6 Å². The highest BCUT2D eigenvalue weighted by Gasteiger charge is 2.20. The number of hydrogen-bond acceptors (Lipinski definition) is 4. The van der Waals surface area contributed by atoms with Gasteiger partial charge in [0.1, 0.15) is 16.3 Å². The summed E-state index contributed by atoms with van der Waals surface area (Å²) in [4.78, 5) is 15.5. The zero-order valence-corrected chi connectivity index (χ0v) is 11.2. The Labute approximate surface area is 110 Å². The number of carboxylic acids is 1. The first-order chi connectivity index (χ1) is 8.13. The van der Waals surface area contributed by atoms with E-state index in [0.29, 0.717) is 20.9 Å². The first-order valence-electron chi connectivity index (χ1n) is 4.66. The molecule has 0 saturated carbocycles. The van der Waals surface area contributed by atoms with Crippen molar-refractivity contribution in [2.75, 3.05) is 7.11 Å². The number of para-hydroxylation sites is 1. The molecule has 0 aliphatic heterocycles. The third-order valence-electron chi connectivity index (χ3n) is 2.16. The molecule has 0 radical (unpaired) electrons. The van der Waals surface area contributed by atoms with Gasteiger partial charge < -0.3 is 9.84 Å². The Kier molecular flexibility index (Phi) is 3.44. The lowest BCUT2D eigenvalue weighted by Crippen LogP contribution is -1.97. The summed E-state index contributed by atoms with van der Waals surface area (Å²) in [6.45, 7) is 0. The Morgan fingerprint density at radius 2 is 2.18 bits per heavy atom. The molecule has 1 aromatic heterocycles. The summed E-state index contributed by atoms with van der Waals surface area (Å²) >= 11 is 4.29. The van der Waals surface area contributed by atoms with Gasteiger partial charge in [0.2, 0.25) is 0 Å². The second-order valence-electron chi connectivity index (χ2n) is 3.15. The summed E-state index contributed by atoms with van der Waals surface area (Å²) in [6.07, 6.45) is 0. The number of carbonyl (C=O) groups is 1.